The Kier molecular flexibility index (Phi) is 6.76. The van der Waals surface area contributed by atoms with Crippen molar-refractivity contribution in [2.45, 2.75) is 26.8 Å². The molecule has 0 aliphatic carbocycles. The number of aryl methyl sites for hydroxylation is 1. The normalized spacial score (nSPS) is 10.7. The molecule has 1 heterocycles. The Balaban J connectivity index is 1.84. The predicted molar refractivity (Wildman–Crippen MR) is 93.3 cm³/mol. The van der Waals surface area contributed by atoms with E-state index >= 15 is 0 Å². The number of rotatable bonds is 8. The molecule has 1 amide bonds. The van der Waals surface area contributed by atoms with Crippen LogP contribution in [0.5, 0.6) is 0 Å². The monoisotopic (exact) mass is 311 g/mol. The average molecular weight is 311 g/mol. The zero-order valence-electron chi connectivity index (χ0n) is 14.0. The molecule has 0 fully saturated rings. The van der Waals surface area contributed by atoms with Crippen LogP contribution in [0.1, 0.15) is 35.0 Å². The van der Waals surface area contributed by atoms with Gasteiger partial charge in [0.15, 0.2) is 0 Å². The van der Waals surface area contributed by atoms with Gasteiger partial charge in [-0.1, -0.05) is 37.3 Å². The van der Waals surface area contributed by atoms with Crippen molar-refractivity contribution >= 4 is 5.91 Å². The van der Waals surface area contributed by atoms with Gasteiger partial charge >= 0.3 is 0 Å². The van der Waals surface area contributed by atoms with Crippen LogP contribution in [0.3, 0.4) is 0 Å². The molecule has 0 bridgehead atoms. The van der Waals surface area contributed by atoms with Crippen LogP contribution in [0.2, 0.25) is 0 Å². The molecule has 1 aromatic carbocycles. The van der Waals surface area contributed by atoms with Crippen molar-refractivity contribution in [3.8, 4) is 0 Å². The van der Waals surface area contributed by atoms with Crippen LogP contribution < -0.4 is 5.32 Å². The van der Waals surface area contributed by atoms with Gasteiger partial charge in [-0.05, 0) is 37.6 Å². The number of hydrogen-bond acceptors (Lipinski definition) is 3. The van der Waals surface area contributed by atoms with E-state index in [-0.39, 0.29) is 5.91 Å². The van der Waals surface area contributed by atoms with E-state index in [1.165, 1.54) is 5.56 Å². The minimum atomic E-state index is -0.0493. The molecule has 0 spiro atoms. The first-order chi connectivity index (χ1) is 11.2. The van der Waals surface area contributed by atoms with Crippen molar-refractivity contribution in [3.05, 3.63) is 65.5 Å². The molecule has 23 heavy (non-hydrogen) atoms. The quantitative estimate of drug-likeness (QED) is 0.815. The predicted octanol–water partition coefficient (Wildman–Crippen LogP) is 3.03. The maximum Gasteiger partial charge on any atom is 0.253 e. The number of aromatic nitrogens is 1. The molecule has 0 unspecified atom stereocenters. The molecule has 1 aromatic heterocycles. The minimum absolute atomic E-state index is 0.0493. The molecule has 2 rings (SSSR count). The molecule has 0 radical (unpaired) electrons. The van der Waals surface area contributed by atoms with Gasteiger partial charge in [0, 0.05) is 31.5 Å². The van der Waals surface area contributed by atoms with Gasteiger partial charge in [-0.15, -0.1) is 0 Å². The summed E-state index contributed by atoms with van der Waals surface area (Å²) in [5.41, 5.74) is 2.72. The van der Waals surface area contributed by atoms with Gasteiger partial charge in [0.2, 0.25) is 0 Å². The lowest BCUT2D eigenvalue weighted by Gasteiger charge is -2.22. The Morgan fingerprint density at radius 2 is 1.91 bits per heavy atom. The molecule has 0 atom stereocenters. The highest BCUT2D eigenvalue weighted by Gasteiger charge is 2.10. The number of pyridine rings is 1. The molecule has 0 saturated heterocycles. The highest BCUT2D eigenvalue weighted by atomic mass is 16.1. The largest absolute Gasteiger partial charge is 0.351 e. The average Bonchev–Trinajstić information content (AvgIpc) is 2.56. The van der Waals surface area contributed by atoms with Crippen molar-refractivity contribution in [2.24, 2.45) is 0 Å². The standard InChI is InChI=1S/C19H25N3O/c1-3-13-22(15-17-8-5-4-6-9-17)14-12-21-19(23)18-10-7-11-20-16(18)2/h4-11H,3,12-15H2,1-2H3,(H,21,23). The summed E-state index contributed by atoms with van der Waals surface area (Å²) in [6.07, 6.45) is 2.80. The SMILES string of the molecule is CCCN(CCNC(=O)c1cccnc1C)Cc1ccccc1. The first-order valence-corrected chi connectivity index (χ1v) is 8.16. The summed E-state index contributed by atoms with van der Waals surface area (Å²) in [4.78, 5) is 18.7. The summed E-state index contributed by atoms with van der Waals surface area (Å²) in [6.45, 7) is 7.45. The fourth-order valence-electron chi connectivity index (χ4n) is 2.57. The molecular weight excluding hydrogens is 286 g/mol. The van der Waals surface area contributed by atoms with Crippen molar-refractivity contribution < 1.29 is 4.79 Å². The summed E-state index contributed by atoms with van der Waals surface area (Å²) in [5, 5.41) is 2.99. The Morgan fingerprint density at radius 1 is 1.13 bits per heavy atom. The number of amides is 1. The van der Waals surface area contributed by atoms with Gasteiger partial charge < -0.3 is 5.32 Å². The zero-order valence-corrected chi connectivity index (χ0v) is 14.0. The van der Waals surface area contributed by atoms with Gasteiger partial charge in [-0.25, -0.2) is 0 Å². The van der Waals surface area contributed by atoms with Crippen LogP contribution >= 0.6 is 0 Å². The smallest absolute Gasteiger partial charge is 0.253 e. The molecule has 0 saturated carbocycles. The number of nitrogens with zero attached hydrogens (tertiary/aromatic N) is 2. The van der Waals surface area contributed by atoms with Gasteiger partial charge in [0.05, 0.1) is 5.56 Å². The van der Waals surface area contributed by atoms with Gasteiger partial charge in [0.25, 0.3) is 5.91 Å². The second-order valence-corrected chi connectivity index (χ2v) is 5.65. The molecule has 122 valence electrons. The summed E-state index contributed by atoms with van der Waals surface area (Å²) in [6, 6.07) is 14.0. The van der Waals surface area contributed by atoms with E-state index in [0.717, 1.165) is 31.7 Å². The molecule has 2 aromatic rings. The van der Waals surface area contributed by atoms with Gasteiger partial charge in [-0.3, -0.25) is 14.7 Å². The number of benzene rings is 1. The third kappa shape index (κ3) is 5.49. The number of nitrogens with one attached hydrogen (secondary N) is 1. The summed E-state index contributed by atoms with van der Waals surface area (Å²) in [7, 11) is 0. The van der Waals surface area contributed by atoms with E-state index in [2.05, 4.69) is 46.4 Å². The fraction of sp³-hybridized carbons (Fsp3) is 0.368. The number of carbonyl (C=O) groups is 1. The first-order valence-electron chi connectivity index (χ1n) is 8.16. The van der Waals surface area contributed by atoms with Crippen molar-refractivity contribution in [2.75, 3.05) is 19.6 Å². The Bertz CT molecular complexity index is 613. The summed E-state index contributed by atoms with van der Waals surface area (Å²) < 4.78 is 0. The lowest BCUT2D eigenvalue weighted by molar-refractivity contribution is 0.0946. The molecule has 1 N–H and O–H groups in total. The van der Waals surface area contributed by atoms with Crippen LogP contribution in [0.4, 0.5) is 0 Å². The first kappa shape index (κ1) is 17.2. The summed E-state index contributed by atoms with van der Waals surface area (Å²) >= 11 is 0. The van der Waals surface area contributed by atoms with E-state index in [4.69, 9.17) is 0 Å². The van der Waals surface area contributed by atoms with Crippen LogP contribution in [-0.4, -0.2) is 35.4 Å². The molecule has 4 heteroatoms. The van der Waals surface area contributed by atoms with Gasteiger partial charge in [0.1, 0.15) is 0 Å². The van der Waals surface area contributed by atoms with Crippen LogP contribution in [0.25, 0.3) is 0 Å². The maximum atomic E-state index is 12.2. The second-order valence-electron chi connectivity index (χ2n) is 5.65. The van der Waals surface area contributed by atoms with E-state index in [1.807, 2.05) is 19.1 Å². The zero-order chi connectivity index (χ0) is 16.5. The molecular formula is C19H25N3O. The Labute approximate surface area is 138 Å². The van der Waals surface area contributed by atoms with Crippen LogP contribution in [-0.2, 0) is 6.54 Å². The number of carbonyl (C=O) groups excluding carboxylic acids is 1. The lowest BCUT2D eigenvalue weighted by Crippen LogP contribution is -2.35. The van der Waals surface area contributed by atoms with E-state index in [0.29, 0.717) is 12.1 Å². The number of hydrogen-bond donors (Lipinski definition) is 1. The van der Waals surface area contributed by atoms with E-state index in [1.54, 1.807) is 12.3 Å². The molecule has 4 nitrogen and oxygen atoms in total. The summed E-state index contributed by atoms with van der Waals surface area (Å²) in [5.74, 6) is -0.0493. The Hall–Kier alpha value is -2.20. The lowest BCUT2D eigenvalue weighted by atomic mass is 10.2. The molecule has 0 aliphatic rings. The van der Waals surface area contributed by atoms with E-state index < -0.39 is 0 Å². The van der Waals surface area contributed by atoms with Crippen molar-refractivity contribution in [3.63, 3.8) is 0 Å². The third-order valence-electron chi connectivity index (χ3n) is 3.75. The maximum absolute atomic E-state index is 12.2. The molecule has 0 aliphatic heterocycles. The highest BCUT2D eigenvalue weighted by Crippen LogP contribution is 2.05. The fourth-order valence-corrected chi connectivity index (χ4v) is 2.57. The van der Waals surface area contributed by atoms with Gasteiger partial charge in [-0.2, -0.15) is 0 Å². The van der Waals surface area contributed by atoms with Crippen molar-refractivity contribution in [1.29, 1.82) is 0 Å². The van der Waals surface area contributed by atoms with Crippen molar-refractivity contribution in [1.82, 2.24) is 15.2 Å². The minimum Gasteiger partial charge on any atom is -0.351 e. The van der Waals surface area contributed by atoms with E-state index in [9.17, 15) is 4.79 Å². The topological polar surface area (TPSA) is 45.2 Å². The highest BCUT2D eigenvalue weighted by molar-refractivity contribution is 5.95. The third-order valence-corrected chi connectivity index (χ3v) is 3.75. The Morgan fingerprint density at radius 3 is 2.61 bits per heavy atom. The van der Waals surface area contributed by atoms with Crippen LogP contribution in [0.15, 0.2) is 48.7 Å². The second kappa shape index (κ2) is 9.06. The van der Waals surface area contributed by atoms with Crippen LogP contribution in [0, 0.1) is 6.92 Å².